The van der Waals surface area contributed by atoms with E-state index in [-0.39, 0.29) is 20.7 Å². The second kappa shape index (κ2) is 7.80. The van der Waals surface area contributed by atoms with E-state index in [1.165, 1.54) is 35.9 Å². The third kappa shape index (κ3) is 4.24. The van der Waals surface area contributed by atoms with Gasteiger partial charge in [-0.3, -0.25) is 4.79 Å². The maximum atomic E-state index is 14.2. The predicted molar refractivity (Wildman–Crippen MR) is 96.9 cm³/mol. The lowest BCUT2D eigenvalue weighted by atomic mass is 10.2. The van der Waals surface area contributed by atoms with Gasteiger partial charge < -0.3 is 0 Å². The third-order valence-electron chi connectivity index (χ3n) is 4.07. The van der Waals surface area contributed by atoms with Crippen LogP contribution in [0.2, 0.25) is 0 Å². The molecule has 13 heteroatoms. The zero-order valence-corrected chi connectivity index (χ0v) is 16.3. The van der Waals surface area contributed by atoms with E-state index >= 15 is 0 Å². The SMILES string of the molecule is Cc1ccccc1S(=O)(=O)NC(=O)c1nnn(-c2ccc(C#N)cc2F)c1C(F)(F)F. The number of nitrogens with one attached hydrogen (secondary N) is 1. The molecule has 0 aliphatic rings. The van der Waals surface area contributed by atoms with Crippen LogP contribution in [-0.4, -0.2) is 29.3 Å². The summed E-state index contributed by atoms with van der Waals surface area (Å²) >= 11 is 0. The Morgan fingerprint density at radius 1 is 1.19 bits per heavy atom. The van der Waals surface area contributed by atoms with Crippen molar-refractivity contribution in [1.29, 1.82) is 5.26 Å². The molecule has 0 radical (unpaired) electrons. The lowest BCUT2D eigenvalue weighted by Crippen LogP contribution is -2.33. The Kier molecular flexibility index (Phi) is 5.51. The van der Waals surface area contributed by atoms with E-state index in [9.17, 15) is 30.8 Å². The van der Waals surface area contributed by atoms with Crippen LogP contribution >= 0.6 is 0 Å². The smallest absolute Gasteiger partial charge is 0.266 e. The molecule has 1 aromatic heterocycles. The molecule has 0 aliphatic heterocycles. The topological polar surface area (TPSA) is 118 Å². The summed E-state index contributed by atoms with van der Waals surface area (Å²) in [6.07, 6.45) is -5.25. The first-order valence-corrected chi connectivity index (χ1v) is 9.79. The highest BCUT2D eigenvalue weighted by molar-refractivity contribution is 7.90. The van der Waals surface area contributed by atoms with Crippen LogP contribution in [0.3, 0.4) is 0 Å². The molecule has 0 fully saturated rings. The zero-order valence-electron chi connectivity index (χ0n) is 15.5. The molecule has 3 rings (SSSR count). The van der Waals surface area contributed by atoms with E-state index in [1.807, 2.05) is 0 Å². The number of sulfonamides is 1. The summed E-state index contributed by atoms with van der Waals surface area (Å²) in [7, 11) is -4.53. The summed E-state index contributed by atoms with van der Waals surface area (Å²) in [5.74, 6) is -2.93. The van der Waals surface area contributed by atoms with Crippen LogP contribution in [0.5, 0.6) is 0 Å². The number of halogens is 4. The molecule has 0 unspecified atom stereocenters. The van der Waals surface area contributed by atoms with Crippen LogP contribution in [0, 0.1) is 24.1 Å². The molecule has 8 nitrogen and oxygen atoms in total. The van der Waals surface area contributed by atoms with E-state index in [0.717, 1.165) is 12.1 Å². The quantitative estimate of drug-likeness (QED) is 0.607. The molecule has 1 amide bonds. The highest BCUT2D eigenvalue weighted by Crippen LogP contribution is 2.33. The number of rotatable bonds is 4. The molecule has 31 heavy (non-hydrogen) atoms. The molecule has 0 saturated heterocycles. The zero-order chi connectivity index (χ0) is 23.0. The minimum atomic E-state index is -5.25. The highest BCUT2D eigenvalue weighted by atomic mass is 32.2. The normalized spacial score (nSPS) is 11.7. The Morgan fingerprint density at radius 2 is 1.87 bits per heavy atom. The van der Waals surface area contributed by atoms with Crippen molar-refractivity contribution in [2.24, 2.45) is 0 Å². The molecule has 1 N–H and O–H groups in total. The first-order valence-electron chi connectivity index (χ1n) is 8.31. The Labute approximate surface area is 172 Å². The standard InChI is InChI=1S/C18H11F4N5O3S/c1-10-4-2-3-5-14(10)31(29,30)25-17(28)15-16(18(20,21)22)27(26-24-15)13-7-6-11(9-23)8-12(13)19/h2-8H,1H3,(H,25,28). The fourth-order valence-electron chi connectivity index (χ4n) is 2.69. The maximum absolute atomic E-state index is 14.2. The van der Waals surface area contributed by atoms with Crippen LogP contribution in [0.25, 0.3) is 5.69 Å². The lowest BCUT2D eigenvalue weighted by molar-refractivity contribution is -0.143. The Morgan fingerprint density at radius 3 is 2.45 bits per heavy atom. The molecule has 0 aliphatic carbocycles. The van der Waals surface area contributed by atoms with Crippen LogP contribution < -0.4 is 4.72 Å². The van der Waals surface area contributed by atoms with Gasteiger partial charge in [0.1, 0.15) is 11.5 Å². The summed E-state index contributed by atoms with van der Waals surface area (Å²) < 4.78 is 81.7. The van der Waals surface area contributed by atoms with Crippen molar-refractivity contribution in [3.05, 3.63) is 70.8 Å². The number of amides is 1. The van der Waals surface area contributed by atoms with E-state index in [4.69, 9.17) is 5.26 Å². The molecule has 1 heterocycles. The van der Waals surface area contributed by atoms with Crippen molar-refractivity contribution in [2.45, 2.75) is 18.0 Å². The van der Waals surface area contributed by atoms with Gasteiger partial charge >= 0.3 is 6.18 Å². The molecule has 0 atom stereocenters. The number of hydrogen-bond acceptors (Lipinski definition) is 6. The van der Waals surface area contributed by atoms with E-state index in [1.54, 1.807) is 6.07 Å². The van der Waals surface area contributed by atoms with Crippen LogP contribution in [0.4, 0.5) is 17.6 Å². The molecule has 160 valence electrons. The molecule has 3 aromatic rings. The molecule has 2 aromatic carbocycles. The largest absolute Gasteiger partial charge is 0.435 e. The van der Waals surface area contributed by atoms with Crippen molar-refractivity contribution in [3.63, 3.8) is 0 Å². The average molecular weight is 453 g/mol. The molecule has 0 bridgehead atoms. The van der Waals surface area contributed by atoms with E-state index < -0.39 is 45.0 Å². The summed E-state index contributed by atoms with van der Waals surface area (Å²) in [6.45, 7) is 1.43. The first kappa shape index (κ1) is 21.9. The maximum Gasteiger partial charge on any atom is 0.435 e. The van der Waals surface area contributed by atoms with Crippen molar-refractivity contribution < 1.29 is 30.8 Å². The minimum Gasteiger partial charge on any atom is -0.266 e. The van der Waals surface area contributed by atoms with Crippen LogP contribution in [0.15, 0.2) is 47.4 Å². The summed E-state index contributed by atoms with van der Waals surface area (Å²) in [5.41, 5.74) is -3.79. The average Bonchev–Trinajstić information content (AvgIpc) is 3.13. The van der Waals surface area contributed by atoms with Gasteiger partial charge in [-0.05, 0) is 36.8 Å². The fourth-order valence-corrected chi connectivity index (χ4v) is 3.89. The number of aromatic nitrogens is 3. The number of aryl methyl sites for hydroxylation is 1. The number of benzene rings is 2. The number of carbonyl (C=O) groups excluding carboxylic acids is 1. The van der Waals surface area contributed by atoms with Crippen LogP contribution in [0.1, 0.15) is 27.3 Å². The number of hydrogen-bond donors (Lipinski definition) is 1. The Bertz CT molecular complexity index is 1330. The minimum absolute atomic E-state index is 0.0196. The Hall–Kier alpha value is -3.79. The lowest BCUT2D eigenvalue weighted by Gasteiger charge is -2.12. The monoisotopic (exact) mass is 453 g/mol. The van der Waals surface area contributed by atoms with Gasteiger partial charge in [0.2, 0.25) is 0 Å². The van der Waals surface area contributed by atoms with Gasteiger partial charge in [-0.2, -0.15) is 18.4 Å². The highest BCUT2D eigenvalue weighted by Gasteiger charge is 2.43. The summed E-state index contributed by atoms with van der Waals surface area (Å²) in [5, 5.41) is 15.1. The van der Waals surface area contributed by atoms with Gasteiger partial charge in [0.05, 0.1) is 16.5 Å². The van der Waals surface area contributed by atoms with Crippen molar-refractivity contribution in [1.82, 2.24) is 19.7 Å². The van der Waals surface area contributed by atoms with E-state index in [2.05, 4.69) is 10.3 Å². The summed E-state index contributed by atoms with van der Waals surface area (Å²) in [4.78, 5) is 12.1. The molecule has 0 spiro atoms. The van der Waals surface area contributed by atoms with Crippen molar-refractivity contribution >= 4 is 15.9 Å². The number of alkyl halides is 3. The van der Waals surface area contributed by atoms with Crippen molar-refractivity contribution in [2.75, 3.05) is 0 Å². The number of nitriles is 1. The van der Waals surface area contributed by atoms with Gasteiger partial charge in [-0.15, -0.1) is 5.10 Å². The number of carbonyl (C=O) groups is 1. The summed E-state index contributed by atoms with van der Waals surface area (Å²) in [6, 6.07) is 9.71. The van der Waals surface area contributed by atoms with Gasteiger partial charge in [-0.1, -0.05) is 23.4 Å². The van der Waals surface area contributed by atoms with Gasteiger partial charge in [0.25, 0.3) is 15.9 Å². The van der Waals surface area contributed by atoms with Crippen LogP contribution in [-0.2, 0) is 16.2 Å². The second-order valence-corrected chi connectivity index (χ2v) is 7.83. The first-order chi connectivity index (χ1) is 14.5. The molecular weight excluding hydrogens is 442 g/mol. The molecular formula is C18H11F4N5O3S. The second-order valence-electron chi connectivity index (χ2n) is 6.17. The van der Waals surface area contributed by atoms with Crippen molar-refractivity contribution in [3.8, 4) is 11.8 Å². The fraction of sp³-hybridized carbons (Fsp3) is 0.111. The third-order valence-corrected chi connectivity index (χ3v) is 5.56. The Balaban J connectivity index is 2.08. The van der Waals surface area contributed by atoms with E-state index in [0.29, 0.717) is 6.07 Å². The molecule has 0 saturated carbocycles. The number of nitrogens with zero attached hydrogens (tertiary/aromatic N) is 4. The van der Waals surface area contributed by atoms with Gasteiger partial charge in [-0.25, -0.2) is 22.2 Å². The van der Waals surface area contributed by atoms with Gasteiger partial charge in [0, 0.05) is 0 Å². The predicted octanol–water partition coefficient (Wildman–Crippen LogP) is 2.72. The van der Waals surface area contributed by atoms with Gasteiger partial charge in [0.15, 0.2) is 11.4 Å².